The summed E-state index contributed by atoms with van der Waals surface area (Å²) in [7, 11) is 0. The predicted octanol–water partition coefficient (Wildman–Crippen LogP) is 1.27. The van der Waals surface area contributed by atoms with Crippen LogP contribution < -0.4 is 0 Å². The number of hydrogen-bond donors (Lipinski definition) is 0. The first-order chi connectivity index (χ1) is 10.3. The molecule has 0 bridgehead atoms. The lowest BCUT2D eigenvalue weighted by Gasteiger charge is -2.20. The fraction of sp³-hybridized carbons (Fsp3) is 1.00. The molecule has 126 valence electrons. The van der Waals surface area contributed by atoms with E-state index in [1.807, 2.05) is 20.8 Å². The molecule has 0 amide bonds. The number of epoxide rings is 1. The molecule has 0 radical (unpaired) electrons. The maximum absolute atomic E-state index is 5.74. The van der Waals surface area contributed by atoms with E-state index in [1.165, 1.54) is 0 Å². The van der Waals surface area contributed by atoms with Crippen molar-refractivity contribution in [3.8, 4) is 0 Å². The second-order valence-corrected chi connectivity index (χ2v) is 4.84. The van der Waals surface area contributed by atoms with Crippen LogP contribution in [-0.4, -0.2) is 77.8 Å². The van der Waals surface area contributed by atoms with Crippen LogP contribution in [0.4, 0.5) is 0 Å². The fourth-order valence-corrected chi connectivity index (χ4v) is 1.76. The lowest BCUT2D eigenvalue weighted by molar-refractivity contribution is -0.0933. The van der Waals surface area contributed by atoms with Crippen LogP contribution in [0, 0.1) is 0 Å². The first kappa shape index (κ1) is 18.8. The molecule has 1 heterocycles. The van der Waals surface area contributed by atoms with Gasteiger partial charge >= 0.3 is 0 Å². The Hall–Kier alpha value is -0.240. The molecule has 1 saturated heterocycles. The van der Waals surface area contributed by atoms with E-state index < -0.39 is 0 Å². The van der Waals surface area contributed by atoms with Gasteiger partial charge in [-0.15, -0.1) is 0 Å². The third kappa shape index (κ3) is 10.2. The van der Waals surface area contributed by atoms with Crippen LogP contribution in [0.3, 0.4) is 0 Å². The summed E-state index contributed by atoms with van der Waals surface area (Å²) in [5.41, 5.74) is 0. The number of hydrogen-bond acceptors (Lipinski definition) is 6. The molecule has 0 aromatic heterocycles. The summed E-state index contributed by atoms with van der Waals surface area (Å²) in [6, 6.07) is 0. The van der Waals surface area contributed by atoms with Gasteiger partial charge in [-0.05, 0) is 20.8 Å². The molecule has 6 nitrogen and oxygen atoms in total. The van der Waals surface area contributed by atoms with Gasteiger partial charge in [0.2, 0.25) is 0 Å². The van der Waals surface area contributed by atoms with Crippen LogP contribution in [0.2, 0.25) is 0 Å². The van der Waals surface area contributed by atoms with E-state index in [1.54, 1.807) is 0 Å². The van der Waals surface area contributed by atoms with E-state index in [-0.39, 0.29) is 18.3 Å². The van der Waals surface area contributed by atoms with Crippen LogP contribution in [0.25, 0.3) is 0 Å². The average molecular weight is 306 g/mol. The van der Waals surface area contributed by atoms with Crippen LogP contribution in [-0.2, 0) is 28.4 Å². The molecule has 1 aliphatic rings. The molecular weight excluding hydrogens is 276 g/mol. The van der Waals surface area contributed by atoms with Crippen molar-refractivity contribution in [3.63, 3.8) is 0 Å². The van der Waals surface area contributed by atoms with Crippen LogP contribution >= 0.6 is 0 Å². The molecule has 0 aromatic rings. The van der Waals surface area contributed by atoms with Crippen molar-refractivity contribution in [2.45, 2.75) is 39.1 Å². The van der Waals surface area contributed by atoms with E-state index in [9.17, 15) is 0 Å². The number of rotatable bonds is 15. The third-order valence-corrected chi connectivity index (χ3v) is 2.95. The Morgan fingerprint density at radius 2 is 1.33 bits per heavy atom. The zero-order chi connectivity index (χ0) is 15.3. The average Bonchev–Trinajstić information content (AvgIpc) is 3.31. The molecule has 1 aliphatic heterocycles. The summed E-state index contributed by atoms with van der Waals surface area (Å²) in [5.74, 6) is 0. The molecule has 6 heteroatoms. The minimum absolute atomic E-state index is 0.0329. The van der Waals surface area contributed by atoms with Gasteiger partial charge < -0.3 is 28.4 Å². The zero-order valence-corrected chi connectivity index (χ0v) is 13.5. The minimum atomic E-state index is -0.0662. The lowest BCUT2D eigenvalue weighted by atomic mass is 10.3. The maximum atomic E-state index is 5.74. The van der Waals surface area contributed by atoms with Gasteiger partial charge in [-0.2, -0.15) is 0 Å². The van der Waals surface area contributed by atoms with Crippen molar-refractivity contribution in [2.24, 2.45) is 0 Å². The SMILES string of the molecule is CCOCC(COCC(COCC)OCC1CO1)OCC. The van der Waals surface area contributed by atoms with Gasteiger partial charge in [-0.1, -0.05) is 0 Å². The smallest absolute Gasteiger partial charge is 0.104 e. The largest absolute Gasteiger partial charge is 0.379 e. The normalized spacial score (nSPS) is 20.4. The van der Waals surface area contributed by atoms with Crippen molar-refractivity contribution < 1.29 is 28.4 Å². The van der Waals surface area contributed by atoms with E-state index in [0.717, 1.165) is 6.61 Å². The Labute approximate surface area is 128 Å². The molecule has 0 N–H and O–H groups in total. The van der Waals surface area contributed by atoms with Gasteiger partial charge in [-0.3, -0.25) is 0 Å². The van der Waals surface area contributed by atoms with Crippen LogP contribution in [0.5, 0.6) is 0 Å². The third-order valence-electron chi connectivity index (χ3n) is 2.95. The number of ether oxygens (including phenoxy) is 6. The van der Waals surface area contributed by atoms with Gasteiger partial charge in [0, 0.05) is 19.8 Å². The summed E-state index contributed by atoms with van der Waals surface area (Å²) in [6.07, 6.45) is 0.154. The highest BCUT2D eigenvalue weighted by Crippen LogP contribution is 2.10. The van der Waals surface area contributed by atoms with Crippen LogP contribution in [0.15, 0.2) is 0 Å². The molecule has 3 atom stereocenters. The Kier molecular flexibility index (Phi) is 11.0. The standard InChI is InChI=1S/C15H30O6/c1-4-16-7-13(19-6-3)9-18-10-14(8-17-5-2)20-11-15-12-21-15/h13-15H,4-12H2,1-3H3. The second-order valence-electron chi connectivity index (χ2n) is 4.84. The fourth-order valence-electron chi connectivity index (χ4n) is 1.76. The highest BCUT2D eigenvalue weighted by molar-refractivity contribution is 4.69. The molecule has 0 aromatic carbocycles. The van der Waals surface area contributed by atoms with Gasteiger partial charge in [-0.25, -0.2) is 0 Å². The van der Waals surface area contributed by atoms with E-state index >= 15 is 0 Å². The van der Waals surface area contributed by atoms with E-state index in [2.05, 4.69) is 0 Å². The first-order valence-electron chi connectivity index (χ1n) is 7.88. The van der Waals surface area contributed by atoms with Gasteiger partial charge in [0.05, 0.1) is 39.6 Å². The highest BCUT2D eigenvalue weighted by Gasteiger charge is 2.24. The summed E-state index contributed by atoms with van der Waals surface area (Å²) in [5, 5.41) is 0. The van der Waals surface area contributed by atoms with Gasteiger partial charge in [0.25, 0.3) is 0 Å². The monoisotopic (exact) mass is 306 g/mol. The van der Waals surface area contributed by atoms with Gasteiger partial charge in [0.1, 0.15) is 18.3 Å². The van der Waals surface area contributed by atoms with Crippen molar-refractivity contribution in [2.75, 3.05) is 59.5 Å². The van der Waals surface area contributed by atoms with Crippen molar-refractivity contribution in [1.82, 2.24) is 0 Å². The van der Waals surface area contributed by atoms with Crippen molar-refractivity contribution in [3.05, 3.63) is 0 Å². The molecule has 0 saturated carbocycles. The van der Waals surface area contributed by atoms with Crippen LogP contribution in [0.1, 0.15) is 20.8 Å². The summed E-state index contributed by atoms with van der Waals surface area (Å²) >= 11 is 0. The topological polar surface area (TPSA) is 58.7 Å². The molecule has 0 aliphatic carbocycles. The van der Waals surface area contributed by atoms with E-state index in [4.69, 9.17) is 28.4 Å². The highest BCUT2D eigenvalue weighted by atomic mass is 16.6. The Balaban J connectivity index is 2.17. The molecule has 0 spiro atoms. The minimum Gasteiger partial charge on any atom is -0.379 e. The Morgan fingerprint density at radius 3 is 1.81 bits per heavy atom. The summed E-state index contributed by atoms with van der Waals surface area (Å²) in [6.45, 7) is 11.4. The first-order valence-corrected chi connectivity index (χ1v) is 7.88. The predicted molar refractivity (Wildman–Crippen MR) is 78.7 cm³/mol. The maximum Gasteiger partial charge on any atom is 0.104 e. The summed E-state index contributed by atoms with van der Waals surface area (Å²) in [4.78, 5) is 0. The molecule has 1 fully saturated rings. The van der Waals surface area contributed by atoms with E-state index in [0.29, 0.717) is 52.9 Å². The molecule has 1 rings (SSSR count). The molecule has 21 heavy (non-hydrogen) atoms. The second kappa shape index (κ2) is 12.3. The Morgan fingerprint density at radius 1 is 0.810 bits per heavy atom. The summed E-state index contributed by atoms with van der Waals surface area (Å²) < 4.78 is 33.0. The molecule has 3 unspecified atom stereocenters. The van der Waals surface area contributed by atoms with Crippen molar-refractivity contribution in [1.29, 1.82) is 0 Å². The zero-order valence-electron chi connectivity index (χ0n) is 13.5. The van der Waals surface area contributed by atoms with Gasteiger partial charge in [0.15, 0.2) is 0 Å². The molecular formula is C15H30O6. The lowest BCUT2D eigenvalue weighted by Crippen LogP contribution is -2.31. The quantitative estimate of drug-likeness (QED) is 0.425. The van der Waals surface area contributed by atoms with Crippen molar-refractivity contribution >= 4 is 0 Å². The Bertz CT molecular complexity index is 234.